The van der Waals surface area contributed by atoms with Gasteiger partial charge < -0.3 is 15.3 Å². The minimum absolute atomic E-state index is 0.0856. The predicted octanol–water partition coefficient (Wildman–Crippen LogP) is 4.29. The van der Waals surface area contributed by atoms with Crippen molar-refractivity contribution in [2.45, 2.75) is 45.2 Å². The number of aromatic nitrogens is 6. The highest BCUT2D eigenvalue weighted by Crippen LogP contribution is 2.37. The molecular weight excluding hydrogens is 556 g/mol. The van der Waals surface area contributed by atoms with Crippen LogP contribution in [0, 0.1) is 5.92 Å². The van der Waals surface area contributed by atoms with Crippen LogP contribution in [0.4, 0.5) is 5.69 Å². The normalized spacial score (nSPS) is 19.4. The highest BCUT2D eigenvalue weighted by molar-refractivity contribution is 6.30. The van der Waals surface area contributed by atoms with Crippen LogP contribution in [0.2, 0.25) is 5.02 Å². The molecule has 2 aliphatic heterocycles. The Kier molecular flexibility index (Phi) is 7.86. The second kappa shape index (κ2) is 11.9. The van der Waals surface area contributed by atoms with Crippen LogP contribution < -0.4 is 5.32 Å². The topological polar surface area (TPSA) is 131 Å². The van der Waals surface area contributed by atoms with Gasteiger partial charge in [0.25, 0.3) is 0 Å². The molecule has 3 aromatic heterocycles. The summed E-state index contributed by atoms with van der Waals surface area (Å²) in [4.78, 5) is 33.4. The van der Waals surface area contributed by atoms with Gasteiger partial charge in [0.15, 0.2) is 0 Å². The number of pyridine rings is 1. The summed E-state index contributed by atoms with van der Waals surface area (Å²) in [5.74, 6) is -0.425. The highest BCUT2D eigenvalue weighted by atomic mass is 35.5. The summed E-state index contributed by atoms with van der Waals surface area (Å²) in [6.07, 6.45) is 11.1. The Hall–Kier alpha value is -4.35. The summed E-state index contributed by atoms with van der Waals surface area (Å²) in [7, 11) is 0. The van der Waals surface area contributed by atoms with Crippen LogP contribution in [0.1, 0.15) is 49.9 Å². The van der Waals surface area contributed by atoms with Crippen molar-refractivity contribution in [2.75, 3.05) is 18.5 Å². The van der Waals surface area contributed by atoms with Crippen molar-refractivity contribution < 1.29 is 14.7 Å². The molecule has 0 spiro atoms. The molecule has 2 N–H and O–H groups in total. The molecule has 0 radical (unpaired) electrons. The van der Waals surface area contributed by atoms with Crippen molar-refractivity contribution in [1.29, 1.82) is 0 Å². The standard InChI is InChI=1S/C30H31ClN8O3/c1-19-3-2-4-27(24-15-21(7-9-32-24)29-25(35-30(19)42)18-34-39(29)13-14-40)37-11-8-20(16-28(37)41)23-17-22(31)5-6-26(23)38-12-10-33-36-38/h5-7,9-10,12,15-19,27,40H,2-4,8,11,13-14H2,1H3,(H,35,42)/t19-,27+/m1/s1. The van der Waals surface area contributed by atoms with E-state index in [-0.39, 0.29) is 36.9 Å². The number of aliphatic hydroxyl groups is 1. The molecule has 42 heavy (non-hydrogen) atoms. The number of fused-ring (bicyclic) bond motifs is 4. The van der Waals surface area contributed by atoms with E-state index in [1.54, 1.807) is 46.3 Å². The van der Waals surface area contributed by atoms with Crippen LogP contribution in [0.3, 0.4) is 0 Å². The summed E-state index contributed by atoms with van der Waals surface area (Å²) >= 11 is 6.37. The van der Waals surface area contributed by atoms with Gasteiger partial charge in [0.2, 0.25) is 11.8 Å². The minimum Gasteiger partial charge on any atom is -0.394 e. The van der Waals surface area contributed by atoms with Crippen LogP contribution >= 0.6 is 11.6 Å². The minimum atomic E-state index is -0.281. The van der Waals surface area contributed by atoms with Crippen molar-refractivity contribution in [3.63, 3.8) is 0 Å². The Balaban J connectivity index is 1.37. The first-order chi connectivity index (χ1) is 20.4. The molecule has 0 fully saturated rings. The van der Waals surface area contributed by atoms with Gasteiger partial charge in [0, 0.05) is 40.9 Å². The third-order valence-corrected chi connectivity index (χ3v) is 8.16. The molecule has 0 aliphatic carbocycles. The third-order valence-electron chi connectivity index (χ3n) is 7.92. The first-order valence-corrected chi connectivity index (χ1v) is 14.4. The van der Waals surface area contributed by atoms with Gasteiger partial charge in [-0.3, -0.25) is 19.3 Å². The molecule has 0 unspecified atom stereocenters. The maximum Gasteiger partial charge on any atom is 0.247 e. The highest BCUT2D eigenvalue weighted by Gasteiger charge is 2.31. The van der Waals surface area contributed by atoms with Crippen molar-refractivity contribution in [1.82, 2.24) is 34.7 Å². The van der Waals surface area contributed by atoms with E-state index in [4.69, 9.17) is 16.6 Å². The lowest BCUT2D eigenvalue weighted by Gasteiger charge is -2.34. The first-order valence-electron chi connectivity index (χ1n) is 14.0. The quantitative estimate of drug-likeness (QED) is 0.357. The van der Waals surface area contributed by atoms with Gasteiger partial charge in [-0.2, -0.15) is 5.10 Å². The SMILES string of the molecule is C[C@@H]1CCC[C@H](N2CCC(c3cc(Cl)ccc3-n3ccnn3)=CC2=O)c2cc(ccn2)-c2c(cnn2CCO)NC1=O. The van der Waals surface area contributed by atoms with Crippen LogP contribution in [-0.2, 0) is 16.1 Å². The predicted molar refractivity (Wildman–Crippen MR) is 158 cm³/mol. The Morgan fingerprint density at radius 1 is 1.14 bits per heavy atom. The fourth-order valence-electron chi connectivity index (χ4n) is 5.77. The number of nitrogens with one attached hydrogen (secondary N) is 1. The maximum atomic E-state index is 13.8. The van der Waals surface area contributed by atoms with E-state index < -0.39 is 0 Å². The lowest BCUT2D eigenvalue weighted by atomic mass is 9.93. The van der Waals surface area contributed by atoms with E-state index in [0.29, 0.717) is 42.2 Å². The van der Waals surface area contributed by atoms with E-state index in [1.165, 1.54) is 0 Å². The van der Waals surface area contributed by atoms with Gasteiger partial charge in [-0.05, 0) is 55.2 Å². The van der Waals surface area contributed by atoms with Gasteiger partial charge in [-0.1, -0.05) is 30.2 Å². The average Bonchev–Trinajstić information content (AvgIpc) is 3.66. The van der Waals surface area contributed by atoms with Gasteiger partial charge in [0.05, 0.1) is 60.5 Å². The van der Waals surface area contributed by atoms with Crippen molar-refractivity contribution in [2.24, 2.45) is 5.92 Å². The molecule has 2 atom stereocenters. The van der Waals surface area contributed by atoms with Gasteiger partial charge >= 0.3 is 0 Å². The fourth-order valence-corrected chi connectivity index (χ4v) is 5.94. The molecule has 1 aromatic carbocycles. The summed E-state index contributed by atoms with van der Waals surface area (Å²) in [5, 5.41) is 25.7. The second-order valence-electron chi connectivity index (χ2n) is 10.6. The molecule has 12 heteroatoms. The number of amides is 2. The molecule has 5 heterocycles. The Labute approximate surface area is 247 Å². The molecule has 0 saturated carbocycles. The number of hydrogen-bond donors (Lipinski definition) is 2. The molecule has 0 saturated heterocycles. The smallest absolute Gasteiger partial charge is 0.247 e. The van der Waals surface area contributed by atoms with Crippen molar-refractivity contribution >= 4 is 34.7 Å². The Bertz CT molecular complexity index is 1650. The molecule has 4 aromatic rings. The summed E-state index contributed by atoms with van der Waals surface area (Å²) in [6, 6.07) is 9.06. The second-order valence-corrected chi connectivity index (χ2v) is 11.1. The zero-order valence-corrected chi connectivity index (χ0v) is 23.9. The number of carbonyl (C=O) groups excluding carboxylic acids is 2. The van der Waals surface area contributed by atoms with Crippen LogP contribution in [0.5, 0.6) is 0 Å². The van der Waals surface area contributed by atoms with E-state index in [0.717, 1.165) is 34.5 Å². The molecule has 11 nitrogen and oxygen atoms in total. The van der Waals surface area contributed by atoms with Gasteiger partial charge in [-0.25, -0.2) is 4.68 Å². The molecule has 6 rings (SSSR count). The summed E-state index contributed by atoms with van der Waals surface area (Å²) in [5.41, 5.74) is 5.36. The summed E-state index contributed by atoms with van der Waals surface area (Å²) < 4.78 is 3.34. The maximum absolute atomic E-state index is 13.8. The van der Waals surface area contributed by atoms with E-state index in [9.17, 15) is 14.7 Å². The number of carbonyl (C=O) groups is 2. The first kappa shape index (κ1) is 27.8. The van der Waals surface area contributed by atoms with Crippen LogP contribution in [0.15, 0.2) is 61.2 Å². The Morgan fingerprint density at radius 2 is 2.02 bits per heavy atom. The van der Waals surface area contributed by atoms with Gasteiger partial charge in [0.1, 0.15) is 0 Å². The molecule has 2 amide bonds. The van der Waals surface area contributed by atoms with E-state index in [2.05, 4.69) is 20.7 Å². The lowest BCUT2D eigenvalue weighted by molar-refractivity contribution is -0.129. The van der Waals surface area contributed by atoms with Gasteiger partial charge in [-0.15, -0.1) is 5.10 Å². The van der Waals surface area contributed by atoms with Crippen molar-refractivity contribution in [3.05, 3.63) is 77.5 Å². The number of rotatable bonds is 5. The fraction of sp³-hybridized carbons (Fsp3) is 0.333. The number of hydrogen-bond acceptors (Lipinski definition) is 7. The number of halogens is 1. The van der Waals surface area contributed by atoms with Crippen molar-refractivity contribution in [3.8, 4) is 16.9 Å². The largest absolute Gasteiger partial charge is 0.394 e. The molecular formula is C30H31ClN8O3. The number of nitrogens with zero attached hydrogens (tertiary/aromatic N) is 7. The summed E-state index contributed by atoms with van der Waals surface area (Å²) in [6.45, 7) is 2.58. The molecule has 2 aliphatic rings. The Morgan fingerprint density at radius 3 is 2.81 bits per heavy atom. The monoisotopic (exact) mass is 586 g/mol. The number of anilines is 1. The zero-order valence-electron chi connectivity index (χ0n) is 23.2. The van der Waals surface area contributed by atoms with Crippen LogP contribution in [0.25, 0.3) is 22.5 Å². The van der Waals surface area contributed by atoms with E-state index in [1.807, 2.05) is 36.1 Å². The number of benzene rings is 1. The van der Waals surface area contributed by atoms with E-state index >= 15 is 0 Å². The zero-order chi connectivity index (χ0) is 29.2. The average molecular weight is 587 g/mol. The molecule has 2 bridgehead atoms. The number of aliphatic hydroxyl groups excluding tert-OH is 1. The molecule has 216 valence electrons. The van der Waals surface area contributed by atoms with Crippen LogP contribution in [-0.4, -0.2) is 64.7 Å². The third kappa shape index (κ3) is 5.45. The lowest BCUT2D eigenvalue weighted by Crippen LogP contribution is -2.38.